The van der Waals surface area contributed by atoms with Gasteiger partial charge in [0.1, 0.15) is 13.6 Å². The van der Waals surface area contributed by atoms with E-state index in [1.54, 1.807) is 0 Å². The first kappa shape index (κ1) is 44.3. The number of rotatable bonds is 4. The molecule has 3 heteroatoms. The van der Waals surface area contributed by atoms with Crippen molar-refractivity contribution in [2.45, 2.75) is 101 Å². The molecule has 1 unspecified atom stereocenters. The smallest absolute Gasteiger partial charge is 0.106 e. The lowest BCUT2D eigenvalue weighted by molar-refractivity contribution is -0.0987. The normalized spacial score (nSPS) is 12.9. The molecule has 0 saturated heterocycles. The van der Waals surface area contributed by atoms with Crippen molar-refractivity contribution >= 4 is 47.8 Å². The van der Waals surface area contributed by atoms with Crippen LogP contribution in [0.15, 0.2) is 89.2 Å². The number of hydrogen-bond acceptors (Lipinski definition) is 3. The molecular formula is C40H60O2S. The van der Waals surface area contributed by atoms with Gasteiger partial charge in [-0.1, -0.05) is 159 Å². The maximum absolute atomic E-state index is 8.00. The van der Waals surface area contributed by atoms with Crippen LogP contribution in [0.5, 0.6) is 0 Å². The van der Waals surface area contributed by atoms with Crippen LogP contribution in [0.4, 0.5) is 0 Å². The van der Waals surface area contributed by atoms with Gasteiger partial charge in [-0.2, -0.15) is 0 Å². The quantitative estimate of drug-likeness (QED) is 0.297. The zero-order valence-corrected chi connectivity index (χ0v) is 29.7. The predicted octanol–water partition coefficient (Wildman–Crippen LogP) is 13.2. The van der Waals surface area contributed by atoms with E-state index in [-0.39, 0.29) is 0 Å². The van der Waals surface area contributed by atoms with Crippen molar-refractivity contribution in [3.8, 4) is 0 Å². The van der Waals surface area contributed by atoms with Crippen molar-refractivity contribution in [2.75, 3.05) is 0 Å². The fourth-order valence-electron chi connectivity index (χ4n) is 3.51. The molecule has 1 aliphatic rings. The van der Waals surface area contributed by atoms with Gasteiger partial charge in [-0.05, 0) is 76.5 Å². The average Bonchev–Trinajstić information content (AvgIpc) is 3.25. The lowest BCUT2D eigenvalue weighted by atomic mass is 9.92. The molecule has 0 amide bonds. The van der Waals surface area contributed by atoms with Crippen molar-refractivity contribution in [2.24, 2.45) is 5.92 Å². The molecule has 0 aliphatic carbocycles. The van der Waals surface area contributed by atoms with Gasteiger partial charge >= 0.3 is 0 Å². The SMILES string of the molecule is C=O.C=O.CC.CC=Cc1ccc(C2=CSC(C)=CCC2C)cc1.CCCC.CCCC.Cc1cccc2ccccc12. The van der Waals surface area contributed by atoms with Crippen molar-refractivity contribution < 1.29 is 9.59 Å². The van der Waals surface area contributed by atoms with Crippen LogP contribution in [-0.2, 0) is 9.59 Å². The third kappa shape index (κ3) is 20.4. The minimum atomic E-state index is 0.600. The first-order chi connectivity index (χ1) is 20.9. The number of carbonyl (C=O) groups excluding carboxylic acids is 2. The van der Waals surface area contributed by atoms with Gasteiger partial charge in [-0.15, -0.1) is 11.8 Å². The third-order valence-electron chi connectivity index (χ3n) is 6.27. The molecule has 4 rings (SSSR count). The average molecular weight is 605 g/mol. The highest BCUT2D eigenvalue weighted by Gasteiger charge is 2.13. The van der Waals surface area contributed by atoms with E-state index in [2.05, 4.69) is 146 Å². The molecule has 3 aromatic carbocycles. The van der Waals surface area contributed by atoms with E-state index in [1.165, 1.54) is 63.6 Å². The molecule has 1 aliphatic heterocycles. The molecule has 1 heterocycles. The Hall–Kier alpha value is -3.17. The number of hydrogen-bond donors (Lipinski definition) is 0. The lowest BCUT2D eigenvalue weighted by Gasteiger charge is -2.13. The van der Waals surface area contributed by atoms with Gasteiger partial charge in [0, 0.05) is 0 Å². The Labute approximate surface area is 269 Å². The van der Waals surface area contributed by atoms with Gasteiger partial charge < -0.3 is 9.59 Å². The molecule has 238 valence electrons. The summed E-state index contributed by atoms with van der Waals surface area (Å²) >= 11 is 1.85. The van der Waals surface area contributed by atoms with E-state index in [0.717, 1.165) is 6.42 Å². The minimum Gasteiger partial charge on any atom is -0.307 e. The third-order valence-corrected chi connectivity index (χ3v) is 7.18. The van der Waals surface area contributed by atoms with Gasteiger partial charge in [-0.3, -0.25) is 0 Å². The van der Waals surface area contributed by atoms with Gasteiger partial charge in [0.25, 0.3) is 0 Å². The summed E-state index contributed by atoms with van der Waals surface area (Å²) in [5.41, 5.74) is 5.43. The maximum Gasteiger partial charge on any atom is 0.106 e. The van der Waals surface area contributed by atoms with Gasteiger partial charge in [-0.25, -0.2) is 0 Å². The summed E-state index contributed by atoms with van der Waals surface area (Å²) in [7, 11) is 0. The Morgan fingerprint density at radius 1 is 0.767 bits per heavy atom. The molecule has 0 N–H and O–H groups in total. The Bertz CT molecular complexity index is 1130. The molecule has 0 saturated carbocycles. The fourth-order valence-corrected chi connectivity index (χ4v) is 4.38. The summed E-state index contributed by atoms with van der Waals surface area (Å²) < 4.78 is 0. The number of allylic oxidation sites excluding steroid dienone is 4. The van der Waals surface area contributed by atoms with E-state index >= 15 is 0 Å². The second kappa shape index (κ2) is 31.8. The summed E-state index contributed by atoms with van der Waals surface area (Å²) in [5, 5.41) is 5.00. The molecule has 1 atom stereocenters. The van der Waals surface area contributed by atoms with Crippen molar-refractivity contribution in [1.29, 1.82) is 0 Å². The maximum atomic E-state index is 8.00. The van der Waals surface area contributed by atoms with Gasteiger partial charge in [0.05, 0.1) is 0 Å². The van der Waals surface area contributed by atoms with Crippen LogP contribution >= 0.6 is 11.8 Å². The van der Waals surface area contributed by atoms with Gasteiger partial charge in [0.2, 0.25) is 0 Å². The van der Waals surface area contributed by atoms with Crippen molar-refractivity contribution in [3.63, 3.8) is 0 Å². The van der Waals surface area contributed by atoms with E-state index < -0.39 is 0 Å². The predicted molar refractivity (Wildman–Crippen MR) is 200 cm³/mol. The number of carbonyl (C=O) groups is 2. The Kier molecular flexibility index (Phi) is 32.7. The highest BCUT2D eigenvalue weighted by Crippen LogP contribution is 2.35. The molecule has 0 bridgehead atoms. The highest BCUT2D eigenvalue weighted by molar-refractivity contribution is 8.05. The van der Waals surface area contributed by atoms with E-state index in [0.29, 0.717) is 5.92 Å². The Balaban J connectivity index is -0.000000545. The number of thioether (sulfide) groups is 1. The number of aryl methyl sites for hydroxylation is 1. The summed E-state index contributed by atoms with van der Waals surface area (Å²) in [6.07, 6.45) is 13.0. The highest BCUT2D eigenvalue weighted by atomic mass is 32.2. The molecule has 0 spiro atoms. The molecule has 3 aromatic rings. The number of fused-ring (bicyclic) bond motifs is 1. The van der Waals surface area contributed by atoms with Crippen LogP contribution in [0.25, 0.3) is 22.4 Å². The fraction of sp³-hybridized carbons (Fsp3) is 0.400. The zero-order valence-electron chi connectivity index (χ0n) is 28.9. The molecule has 43 heavy (non-hydrogen) atoms. The number of unbranched alkanes of at least 4 members (excludes halogenated alkanes) is 2. The van der Waals surface area contributed by atoms with Gasteiger partial charge in [0.15, 0.2) is 0 Å². The van der Waals surface area contributed by atoms with Crippen LogP contribution in [0, 0.1) is 12.8 Å². The topological polar surface area (TPSA) is 34.1 Å². The lowest BCUT2D eigenvalue weighted by Crippen LogP contribution is -1.96. The van der Waals surface area contributed by atoms with E-state index in [4.69, 9.17) is 9.59 Å². The zero-order chi connectivity index (χ0) is 33.5. The monoisotopic (exact) mass is 604 g/mol. The molecule has 2 nitrogen and oxygen atoms in total. The second-order valence-corrected chi connectivity index (χ2v) is 10.7. The summed E-state index contributed by atoms with van der Waals surface area (Å²) in [6, 6.07) is 23.7. The summed E-state index contributed by atoms with van der Waals surface area (Å²) in [6.45, 7) is 25.4. The Morgan fingerprint density at radius 3 is 1.77 bits per heavy atom. The summed E-state index contributed by atoms with van der Waals surface area (Å²) in [4.78, 5) is 17.4. The Morgan fingerprint density at radius 2 is 1.28 bits per heavy atom. The van der Waals surface area contributed by atoms with Crippen LogP contribution < -0.4 is 0 Å². The van der Waals surface area contributed by atoms with Crippen LogP contribution in [-0.4, -0.2) is 13.6 Å². The largest absolute Gasteiger partial charge is 0.307 e. The standard InChI is InChI=1S/C17H20S.C11H10.2C4H10.C2H6.2CH2O/c1-4-5-15-8-10-16(11-9-15)17-12-18-14(3)7-6-13(17)2;1-9-5-4-7-10-6-2-3-8-11(9)10;2*1-3-4-2;3*1-2/h4-5,7-13H,6H2,1-3H3;2-8H,1H3;2*3-4H2,1-2H3;1-2H3;2*1H2. The van der Waals surface area contributed by atoms with Crippen LogP contribution in [0.1, 0.15) is 111 Å². The van der Waals surface area contributed by atoms with E-state index in [9.17, 15) is 0 Å². The summed E-state index contributed by atoms with van der Waals surface area (Å²) in [5.74, 6) is 0.600. The van der Waals surface area contributed by atoms with Crippen LogP contribution in [0.3, 0.4) is 0 Å². The second-order valence-electron chi connectivity index (χ2n) is 9.56. The van der Waals surface area contributed by atoms with Crippen molar-refractivity contribution in [1.82, 2.24) is 0 Å². The first-order valence-electron chi connectivity index (χ1n) is 15.7. The molecular weight excluding hydrogens is 545 g/mol. The van der Waals surface area contributed by atoms with Crippen LogP contribution in [0.2, 0.25) is 0 Å². The van der Waals surface area contributed by atoms with E-state index in [1.807, 2.05) is 39.2 Å². The van der Waals surface area contributed by atoms with Crippen molar-refractivity contribution in [3.05, 3.63) is 106 Å². The molecule has 0 aromatic heterocycles. The molecule has 0 radical (unpaired) electrons. The molecule has 0 fully saturated rings. The number of benzene rings is 3. The first-order valence-corrected chi connectivity index (χ1v) is 16.6. The minimum absolute atomic E-state index is 0.600.